The van der Waals surface area contributed by atoms with Crippen molar-refractivity contribution in [2.75, 3.05) is 13.2 Å². The van der Waals surface area contributed by atoms with Crippen LogP contribution in [0.3, 0.4) is 0 Å². The molecule has 3 rings (SSSR count). The molecule has 2 fully saturated rings. The average molecular weight is 245 g/mol. The lowest BCUT2D eigenvalue weighted by Gasteiger charge is -2.26. The SMILES string of the molecule is O=C(C1CCCC1)N1CCOC1c1ccccc1. The van der Waals surface area contributed by atoms with E-state index in [1.165, 1.54) is 12.8 Å². The second kappa shape index (κ2) is 5.11. The van der Waals surface area contributed by atoms with E-state index in [0.717, 1.165) is 24.9 Å². The zero-order chi connectivity index (χ0) is 12.4. The van der Waals surface area contributed by atoms with Crippen molar-refractivity contribution in [1.82, 2.24) is 4.90 Å². The smallest absolute Gasteiger partial charge is 0.228 e. The van der Waals surface area contributed by atoms with E-state index in [1.807, 2.05) is 35.2 Å². The van der Waals surface area contributed by atoms with E-state index in [0.29, 0.717) is 12.5 Å². The summed E-state index contributed by atoms with van der Waals surface area (Å²) in [5, 5.41) is 0. The number of ether oxygens (including phenoxy) is 1. The number of carbonyl (C=O) groups excluding carboxylic acids is 1. The molecule has 3 nitrogen and oxygen atoms in total. The highest BCUT2D eigenvalue weighted by Gasteiger charge is 2.35. The van der Waals surface area contributed by atoms with Crippen LogP contribution >= 0.6 is 0 Å². The van der Waals surface area contributed by atoms with Gasteiger partial charge >= 0.3 is 0 Å². The number of amides is 1. The predicted octanol–water partition coefficient (Wildman–Crippen LogP) is 2.73. The first-order chi connectivity index (χ1) is 8.86. The summed E-state index contributed by atoms with van der Waals surface area (Å²) in [4.78, 5) is 14.4. The summed E-state index contributed by atoms with van der Waals surface area (Å²) < 4.78 is 5.74. The Morgan fingerprint density at radius 2 is 1.89 bits per heavy atom. The molecule has 0 bridgehead atoms. The van der Waals surface area contributed by atoms with Crippen LogP contribution in [0.5, 0.6) is 0 Å². The van der Waals surface area contributed by atoms with Crippen molar-refractivity contribution in [3.05, 3.63) is 35.9 Å². The summed E-state index contributed by atoms with van der Waals surface area (Å²) in [5.74, 6) is 0.525. The van der Waals surface area contributed by atoms with Gasteiger partial charge in [0.2, 0.25) is 5.91 Å². The minimum absolute atomic E-state index is 0.167. The van der Waals surface area contributed by atoms with Crippen LogP contribution in [0.15, 0.2) is 30.3 Å². The van der Waals surface area contributed by atoms with E-state index in [1.54, 1.807) is 0 Å². The van der Waals surface area contributed by atoms with Crippen molar-refractivity contribution in [2.24, 2.45) is 5.92 Å². The second-order valence-electron chi connectivity index (χ2n) is 5.15. The maximum Gasteiger partial charge on any atom is 0.228 e. The lowest BCUT2D eigenvalue weighted by Crippen LogP contribution is -2.35. The van der Waals surface area contributed by atoms with Gasteiger partial charge in [0, 0.05) is 18.0 Å². The Bertz CT molecular complexity index is 412. The molecule has 96 valence electrons. The van der Waals surface area contributed by atoms with Gasteiger partial charge in [-0.25, -0.2) is 0 Å². The molecule has 1 heterocycles. The molecule has 18 heavy (non-hydrogen) atoms. The molecular formula is C15H19NO2. The fourth-order valence-electron chi connectivity index (χ4n) is 3.00. The second-order valence-corrected chi connectivity index (χ2v) is 5.15. The molecule has 1 aliphatic carbocycles. The Morgan fingerprint density at radius 1 is 1.17 bits per heavy atom. The van der Waals surface area contributed by atoms with Gasteiger partial charge in [-0.3, -0.25) is 4.79 Å². The summed E-state index contributed by atoms with van der Waals surface area (Å²) in [7, 11) is 0. The summed E-state index contributed by atoms with van der Waals surface area (Å²) in [6.07, 6.45) is 4.33. The molecule has 1 unspecified atom stereocenters. The van der Waals surface area contributed by atoms with Crippen LogP contribution in [-0.2, 0) is 9.53 Å². The van der Waals surface area contributed by atoms with Crippen LogP contribution in [-0.4, -0.2) is 24.0 Å². The van der Waals surface area contributed by atoms with Gasteiger partial charge in [0.15, 0.2) is 6.23 Å². The summed E-state index contributed by atoms with van der Waals surface area (Å²) in [6, 6.07) is 10.0. The van der Waals surface area contributed by atoms with Crippen LogP contribution in [0.25, 0.3) is 0 Å². The van der Waals surface area contributed by atoms with Gasteiger partial charge in [0.05, 0.1) is 6.61 Å². The molecule has 0 aromatic heterocycles. The third-order valence-corrected chi connectivity index (χ3v) is 3.96. The summed E-state index contributed by atoms with van der Waals surface area (Å²) in [6.45, 7) is 1.38. The molecule has 1 atom stereocenters. The molecule has 1 aromatic carbocycles. The molecule has 0 radical (unpaired) electrons. The van der Waals surface area contributed by atoms with Crippen LogP contribution < -0.4 is 0 Å². The Balaban J connectivity index is 1.77. The van der Waals surface area contributed by atoms with Crippen molar-refractivity contribution in [3.8, 4) is 0 Å². The number of hydrogen-bond acceptors (Lipinski definition) is 2. The highest BCUT2D eigenvalue weighted by atomic mass is 16.5. The first-order valence-corrected chi connectivity index (χ1v) is 6.83. The Hall–Kier alpha value is -1.35. The minimum Gasteiger partial charge on any atom is -0.352 e. The molecule has 1 saturated carbocycles. The maximum absolute atomic E-state index is 12.5. The topological polar surface area (TPSA) is 29.5 Å². The molecule has 2 aliphatic rings. The Labute approximate surface area is 108 Å². The highest BCUT2D eigenvalue weighted by molar-refractivity contribution is 5.79. The Kier molecular flexibility index (Phi) is 3.33. The van der Waals surface area contributed by atoms with Crippen molar-refractivity contribution in [2.45, 2.75) is 31.9 Å². The van der Waals surface area contributed by atoms with Gasteiger partial charge in [0.25, 0.3) is 0 Å². The fraction of sp³-hybridized carbons (Fsp3) is 0.533. The molecule has 1 aliphatic heterocycles. The van der Waals surface area contributed by atoms with Crippen LogP contribution in [0.2, 0.25) is 0 Å². The number of nitrogens with zero attached hydrogens (tertiary/aromatic N) is 1. The van der Waals surface area contributed by atoms with Gasteiger partial charge in [-0.05, 0) is 12.8 Å². The highest BCUT2D eigenvalue weighted by Crippen LogP contribution is 2.33. The zero-order valence-electron chi connectivity index (χ0n) is 10.5. The van der Waals surface area contributed by atoms with E-state index in [-0.39, 0.29) is 12.1 Å². The minimum atomic E-state index is -0.167. The van der Waals surface area contributed by atoms with Crippen molar-refractivity contribution in [1.29, 1.82) is 0 Å². The third-order valence-electron chi connectivity index (χ3n) is 3.96. The predicted molar refractivity (Wildman–Crippen MR) is 68.8 cm³/mol. The molecule has 0 N–H and O–H groups in total. The maximum atomic E-state index is 12.5. The van der Waals surface area contributed by atoms with Crippen LogP contribution in [0.4, 0.5) is 0 Å². The van der Waals surface area contributed by atoms with E-state index in [9.17, 15) is 4.79 Å². The lowest BCUT2D eigenvalue weighted by atomic mass is 10.1. The normalized spacial score (nSPS) is 24.7. The van der Waals surface area contributed by atoms with Crippen molar-refractivity contribution >= 4 is 5.91 Å². The molecular weight excluding hydrogens is 226 g/mol. The molecule has 3 heteroatoms. The number of carbonyl (C=O) groups is 1. The number of rotatable bonds is 2. The molecule has 0 spiro atoms. The Morgan fingerprint density at radius 3 is 2.61 bits per heavy atom. The van der Waals surface area contributed by atoms with Gasteiger partial charge < -0.3 is 9.64 Å². The summed E-state index contributed by atoms with van der Waals surface area (Å²) >= 11 is 0. The van der Waals surface area contributed by atoms with E-state index < -0.39 is 0 Å². The quantitative estimate of drug-likeness (QED) is 0.801. The van der Waals surface area contributed by atoms with Crippen LogP contribution in [0, 0.1) is 5.92 Å². The van der Waals surface area contributed by atoms with Crippen molar-refractivity contribution in [3.63, 3.8) is 0 Å². The molecule has 1 saturated heterocycles. The van der Waals surface area contributed by atoms with Gasteiger partial charge in [0.1, 0.15) is 0 Å². The first-order valence-electron chi connectivity index (χ1n) is 6.83. The largest absolute Gasteiger partial charge is 0.352 e. The molecule has 1 aromatic rings. The van der Waals surface area contributed by atoms with Gasteiger partial charge in [-0.15, -0.1) is 0 Å². The first kappa shape index (κ1) is 11.7. The van der Waals surface area contributed by atoms with E-state index in [2.05, 4.69) is 0 Å². The number of benzene rings is 1. The molecule has 1 amide bonds. The van der Waals surface area contributed by atoms with Crippen LogP contribution in [0.1, 0.15) is 37.5 Å². The average Bonchev–Trinajstić information content (AvgIpc) is 3.10. The van der Waals surface area contributed by atoms with E-state index >= 15 is 0 Å². The summed E-state index contributed by atoms with van der Waals surface area (Å²) in [5.41, 5.74) is 1.08. The fourth-order valence-corrected chi connectivity index (χ4v) is 3.00. The zero-order valence-corrected chi connectivity index (χ0v) is 10.5. The van der Waals surface area contributed by atoms with E-state index in [4.69, 9.17) is 4.74 Å². The number of hydrogen-bond donors (Lipinski definition) is 0. The lowest BCUT2D eigenvalue weighted by molar-refractivity contribution is -0.140. The standard InChI is InChI=1S/C15H19NO2/c17-14(12-6-4-5-7-12)16-10-11-18-15(16)13-8-2-1-3-9-13/h1-3,8-9,12,15H,4-7,10-11H2. The van der Waals surface area contributed by atoms with Gasteiger partial charge in [-0.2, -0.15) is 0 Å². The third kappa shape index (κ3) is 2.15. The van der Waals surface area contributed by atoms with Crippen molar-refractivity contribution < 1.29 is 9.53 Å². The monoisotopic (exact) mass is 245 g/mol. The van der Waals surface area contributed by atoms with Gasteiger partial charge in [-0.1, -0.05) is 43.2 Å².